The molecular weight excluding hydrogens is 300 g/mol. The first kappa shape index (κ1) is 17.7. The van der Waals surface area contributed by atoms with Crippen molar-refractivity contribution < 1.29 is 19.5 Å². The summed E-state index contributed by atoms with van der Waals surface area (Å²) in [7, 11) is 0. The van der Waals surface area contributed by atoms with Gasteiger partial charge in [0.25, 0.3) is 5.91 Å². The molecule has 0 aromatic heterocycles. The third-order valence-electron chi connectivity index (χ3n) is 4.39. The molecular formula is C15H26N4O4. The topological polar surface area (TPSA) is 93.2 Å². The van der Waals surface area contributed by atoms with Gasteiger partial charge in [-0.2, -0.15) is 0 Å². The standard InChI is InChI=1S/C15H26N4O4/c1-15(2,3)11(20)9-17-4-6-18(7-5-17)13(22)10-19-12(21)8-16-14(19)23/h11,20H,4-10H2,1-3H3,(H,16,23)/t11-/m0/s1. The third-order valence-corrected chi connectivity index (χ3v) is 4.39. The molecule has 0 saturated carbocycles. The number of β-amino-alcohol motifs (C(OH)–C–C–N with tert-alkyl or cyclic N) is 1. The number of amides is 4. The van der Waals surface area contributed by atoms with Gasteiger partial charge in [0, 0.05) is 32.7 Å². The summed E-state index contributed by atoms with van der Waals surface area (Å²) in [6.45, 7) is 8.77. The molecule has 1 atom stereocenters. The lowest BCUT2D eigenvalue weighted by atomic mass is 9.89. The minimum Gasteiger partial charge on any atom is -0.391 e. The average Bonchev–Trinajstić information content (AvgIpc) is 2.79. The second kappa shape index (κ2) is 6.84. The Morgan fingerprint density at radius 2 is 1.83 bits per heavy atom. The maximum absolute atomic E-state index is 12.2. The fourth-order valence-electron chi connectivity index (χ4n) is 2.55. The van der Waals surface area contributed by atoms with Crippen molar-refractivity contribution in [1.82, 2.24) is 20.0 Å². The first-order valence-electron chi connectivity index (χ1n) is 7.95. The minimum atomic E-state index is -0.504. The van der Waals surface area contributed by atoms with Crippen LogP contribution in [0.5, 0.6) is 0 Å². The number of nitrogens with one attached hydrogen (secondary N) is 1. The molecule has 0 bridgehead atoms. The Morgan fingerprint density at radius 1 is 1.22 bits per heavy atom. The zero-order chi connectivity index (χ0) is 17.2. The van der Waals surface area contributed by atoms with Crippen molar-refractivity contribution >= 4 is 17.8 Å². The van der Waals surface area contributed by atoms with Crippen LogP contribution < -0.4 is 5.32 Å². The van der Waals surface area contributed by atoms with Crippen molar-refractivity contribution in [2.24, 2.45) is 5.41 Å². The molecule has 0 aromatic carbocycles. The van der Waals surface area contributed by atoms with Gasteiger partial charge in [0.15, 0.2) is 0 Å². The van der Waals surface area contributed by atoms with E-state index in [2.05, 4.69) is 10.2 Å². The van der Waals surface area contributed by atoms with E-state index in [-0.39, 0.29) is 30.3 Å². The van der Waals surface area contributed by atoms with Crippen LogP contribution in [-0.4, -0.2) is 89.6 Å². The SMILES string of the molecule is CC(C)(C)[C@@H](O)CN1CCN(C(=O)CN2C(=O)CNC2=O)CC1. The number of hydrogen-bond acceptors (Lipinski definition) is 5. The summed E-state index contributed by atoms with van der Waals surface area (Å²) in [5.74, 6) is -0.582. The van der Waals surface area contributed by atoms with Gasteiger partial charge in [-0.15, -0.1) is 0 Å². The van der Waals surface area contributed by atoms with Crippen LogP contribution in [0.25, 0.3) is 0 Å². The lowest BCUT2D eigenvalue weighted by Gasteiger charge is -2.38. The molecule has 8 heteroatoms. The number of urea groups is 1. The normalized spacial score (nSPS) is 21.6. The van der Waals surface area contributed by atoms with E-state index >= 15 is 0 Å². The van der Waals surface area contributed by atoms with Crippen LogP contribution in [0.2, 0.25) is 0 Å². The second-order valence-corrected chi connectivity index (χ2v) is 7.20. The monoisotopic (exact) mass is 326 g/mol. The van der Waals surface area contributed by atoms with Gasteiger partial charge in [0.05, 0.1) is 12.6 Å². The van der Waals surface area contributed by atoms with Gasteiger partial charge < -0.3 is 15.3 Å². The quantitative estimate of drug-likeness (QED) is 0.653. The van der Waals surface area contributed by atoms with E-state index in [1.807, 2.05) is 20.8 Å². The Morgan fingerprint density at radius 3 is 2.30 bits per heavy atom. The maximum Gasteiger partial charge on any atom is 0.325 e. The maximum atomic E-state index is 12.2. The number of piperazine rings is 1. The summed E-state index contributed by atoms with van der Waals surface area (Å²) < 4.78 is 0. The lowest BCUT2D eigenvalue weighted by Crippen LogP contribution is -2.53. The molecule has 2 heterocycles. The molecule has 2 N–H and O–H groups in total. The molecule has 8 nitrogen and oxygen atoms in total. The third kappa shape index (κ3) is 4.42. The van der Waals surface area contributed by atoms with Crippen LogP contribution in [0, 0.1) is 5.41 Å². The van der Waals surface area contributed by atoms with E-state index in [9.17, 15) is 19.5 Å². The Labute approximate surface area is 136 Å². The molecule has 0 spiro atoms. The number of imide groups is 1. The number of aliphatic hydroxyl groups is 1. The van der Waals surface area contributed by atoms with Crippen molar-refractivity contribution in [1.29, 1.82) is 0 Å². The summed E-state index contributed by atoms with van der Waals surface area (Å²) in [5, 5.41) is 12.6. The fraction of sp³-hybridized carbons (Fsp3) is 0.800. The lowest BCUT2D eigenvalue weighted by molar-refractivity contribution is -0.138. The predicted octanol–water partition coefficient (Wildman–Crippen LogP) is -0.911. The van der Waals surface area contributed by atoms with E-state index in [0.29, 0.717) is 32.7 Å². The largest absolute Gasteiger partial charge is 0.391 e. The van der Waals surface area contributed by atoms with Gasteiger partial charge in [-0.3, -0.25) is 19.4 Å². The zero-order valence-corrected chi connectivity index (χ0v) is 14.0. The van der Waals surface area contributed by atoms with Crippen LogP contribution in [0.4, 0.5) is 4.79 Å². The van der Waals surface area contributed by atoms with Crippen molar-refractivity contribution in [3.63, 3.8) is 0 Å². The summed E-state index contributed by atoms with van der Waals surface area (Å²) in [6, 6.07) is -0.504. The Hall–Kier alpha value is -1.67. The Bertz CT molecular complexity index is 464. The molecule has 0 aromatic rings. The van der Waals surface area contributed by atoms with Crippen LogP contribution in [0.3, 0.4) is 0 Å². The molecule has 2 rings (SSSR count). The molecule has 0 radical (unpaired) electrons. The van der Waals surface area contributed by atoms with Crippen molar-refractivity contribution in [2.75, 3.05) is 45.8 Å². The van der Waals surface area contributed by atoms with E-state index in [1.165, 1.54) is 0 Å². The van der Waals surface area contributed by atoms with E-state index in [4.69, 9.17) is 0 Å². The summed E-state index contributed by atoms with van der Waals surface area (Å²) in [5.41, 5.74) is -0.170. The highest BCUT2D eigenvalue weighted by Gasteiger charge is 2.33. The summed E-state index contributed by atoms with van der Waals surface area (Å²) in [4.78, 5) is 39.9. The number of nitrogens with zero attached hydrogens (tertiary/aromatic N) is 3. The first-order chi connectivity index (χ1) is 10.7. The van der Waals surface area contributed by atoms with Gasteiger partial charge in [-0.25, -0.2) is 4.79 Å². The molecule has 4 amide bonds. The van der Waals surface area contributed by atoms with Crippen LogP contribution >= 0.6 is 0 Å². The number of carbonyl (C=O) groups excluding carboxylic acids is 3. The predicted molar refractivity (Wildman–Crippen MR) is 83.6 cm³/mol. The number of rotatable bonds is 4. The highest BCUT2D eigenvalue weighted by atomic mass is 16.3. The smallest absolute Gasteiger partial charge is 0.325 e. The van der Waals surface area contributed by atoms with E-state index < -0.39 is 12.1 Å². The minimum absolute atomic E-state index is 0.0371. The number of hydrogen-bond donors (Lipinski definition) is 2. The van der Waals surface area contributed by atoms with Crippen molar-refractivity contribution in [3.8, 4) is 0 Å². The summed E-state index contributed by atoms with van der Waals surface area (Å²) >= 11 is 0. The molecule has 2 aliphatic rings. The van der Waals surface area contributed by atoms with E-state index in [0.717, 1.165) is 4.90 Å². The molecule has 130 valence electrons. The molecule has 23 heavy (non-hydrogen) atoms. The fourth-order valence-corrected chi connectivity index (χ4v) is 2.55. The summed E-state index contributed by atoms with van der Waals surface area (Å²) in [6.07, 6.45) is -0.421. The van der Waals surface area contributed by atoms with Crippen LogP contribution in [0.15, 0.2) is 0 Å². The zero-order valence-electron chi connectivity index (χ0n) is 14.0. The molecule has 0 aliphatic carbocycles. The van der Waals surface area contributed by atoms with Crippen LogP contribution in [0.1, 0.15) is 20.8 Å². The van der Waals surface area contributed by atoms with Gasteiger partial charge >= 0.3 is 6.03 Å². The van der Waals surface area contributed by atoms with Gasteiger partial charge in [0.2, 0.25) is 5.91 Å². The highest BCUT2D eigenvalue weighted by molar-refractivity contribution is 6.04. The highest BCUT2D eigenvalue weighted by Crippen LogP contribution is 2.20. The number of aliphatic hydroxyl groups excluding tert-OH is 1. The Balaban J connectivity index is 1.79. The number of carbonyl (C=O) groups is 3. The van der Waals surface area contributed by atoms with Gasteiger partial charge in [-0.1, -0.05) is 20.8 Å². The second-order valence-electron chi connectivity index (χ2n) is 7.20. The Kier molecular flexibility index (Phi) is 5.26. The van der Waals surface area contributed by atoms with Crippen molar-refractivity contribution in [2.45, 2.75) is 26.9 Å². The van der Waals surface area contributed by atoms with E-state index in [1.54, 1.807) is 4.90 Å². The molecule has 2 aliphatic heterocycles. The van der Waals surface area contributed by atoms with Crippen molar-refractivity contribution in [3.05, 3.63) is 0 Å². The molecule has 0 unspecified atom stereocenters. The molecule has 2 fully saturated rings. The van der Waals surface area contributed by atoms with Gasteiger partial charge in [0.1, 0.15) is 6.54 Å². The first-order valence-corrected chi connectivity index (χ1v) is 7.95. The average molecular weight is 326 g/mol. The van der Waals surface area contributed by atoms with Gasteiger partial charge in [-0.05, 0) is 5.41 Å². The molecule has 2 saturated heterocycles. The van der Waals surface area contributed by atoms with Crippen LogP contribution in [-0.2, 0) is 9.59 Å².